The standard InChI is InChI=1S/C25H25NO3/c1-15-10-21(7-6-19(15)13-20(28)12-18-4-5-18)29-25-8-9-26-24-11-16(2)22(17(3)27)14-23(24)25/h6-11,14,18H,4-5,12-13H2,1-3H3. The van der Waals surface area contributed by atoms with E-state index in [-0.39, 0.29) is 5.78 Å². The molecule has 148 valence electrons. The molecule has 1 fully saturated rings. The number of fused-ring (bicyclic) bond motifs is 1. The third-order valence-electron chi connectivity index (χ3n) is 5.57. The predicted molar refractivity (Wildman–Crippen MR) is 114 cm³/mol. The van der Waals surface area contributed by atoms with E-state index < -0.39 is 0 Å². The molecule has 1 aliphatic rings. The van der Waals surface area contributed by atoms with Crippen molar-refractivity contribution in [2.24, 2.45) is 5.92 Å². The first kappa shape index (κ1) is 19.3. The average molecular weight is 387 g/mol. The molecule has 4 heteroatoms. The molecule has 0 bridgehead atoms. The number of ketones is 2. The molecular weight excluding hydrogens is 362 g/mol. The first-order valence-electron chi connectivity index (χ1n) is 10.1. The molecule has 0 saturated heterocycles. The van der Waals surface area contributed by atoms with Gasteiger partial charge < -0.3 is 4.74 Å². The Morgan fingerprint density at radius 2 is 1.86 bits per heavy atom. The largest absolute Gasteiger partial charge is 0.457 e. The fourth-order valence-corrected chi connectivity index (χ4v) is 3.73. The third kappa shape index (κ3) is 4.37. The number of nitrogens with zero attached hydrogens (tertiary/aromatic N) is 1. The molecule has 3 aromatic rings. The first-order valence-corrected chi connectivity index (χ1v) is 10.1. The first-order chi connectivity index (χ1) is 13.9. The smallest absolute Gasteiger partial charge is 0.160 e. The van der Waals surface area contributed by atoms with Crippen LogP contribution in [0.25, 0.3) is 10.9 Å². The maximum absolute atomic E-state index is 12.2. The van der Waals surface area contributed by atoms with E-state index in [4.69, 9.17) is 4.74 Å². The molecule has 1 aliphatic carbocycles. The molecule has 0 atom stereocenters. The van der Waals surface area contributed by atoms with Gasteiger partial charge in [0.25, 0.3) is 0 Å². The van der Waals surface area contributed by atoms with Crippen molar-refractivity contribution in [3.05, 3.63) is 64.8 Å². The number of hydrogen-bond acceptors (Lipinski definition) is 4. The lowest BCUT2D eigenvalue weighted by molar-refractivity contribution is -0.118. The number of rotatable bonds is 7. The van der Waals surface area contributed by atoms with Crippen molar-refractivity contribution in [1.29, 1.82) is 0 Å². The Morgan fingerprint density at radius 1 is 1.07 bits per heavy atom. The molecule has 4 nitrogen and oxygen atoms in total. The van der Waals surface area contributed by atoms with Crippen LogP contribution in [0.3, 0.4) is 0 Å². The summed E-state index contributed by atoms with van der Waals surface area (Å²) in [6.07, 6.45) is 5.30. The Morgan fingerprint density at radius 3 is 2.55 bits per heavy atom. The summed E-state index contributed by atoms with van der Waals surface area (Å²) >= 11 is 0. The van der Waals surface area contributed by atoms with Crippen LogP contribution < -0.4 is 4.74 Å². The van der Waals surface area contributed by atoms with Crippen LogP contribution in [0.5, 0.6) is 11.5 Å². The highest BCUT2D eigenvalue weighted by molar-refractivity contribution is 6.00. The second-order valence-electron chi connectivity index (χ2n) is 8.10. The highest BCUT2D eigenvalue weighted by Gasteiger charge is 2.24. The zero-order chi connectivity index (χ0) is 20.5. The summed E-state index contributed by atoms with van der Waals surface area (Å²) in [6, 6.07) is 11.4. The summed E-state index contributed by atoms with van der Waals surface area (Å²) in [6.45, 7) is 5.49. The lowest BCUT2D eigenvalue weighted by Crippen LogP contribution is -2.05. The van der Waals surface area contributed by atoms with E-state index in [0.717, 1.165) is 27.6 Å². The van der Waals surface area contributed by atoms with Gasteiger partial charge in [0.1, 0.15) is 17.3 Å². The van der Waals surface area contributed by atoms with E-state index in [2.05, 4.69) is 4.98 Å². The molecular formula is C25H25NO3. The van der Waals surface area contributed by atoms with Gasteiger partial charge in [-0.1, -0.05) is 6.07 Å². The van der Waals surface area contributed by atoms with Gasteiger partial charge in [0.05, 0.1) is 5.52 Å². The SMILES string of the molecule is CC(=O)c1cc2c(Oc3ccc(CC(=O)CC4CC4)c(C)c3)ccnc2cc1C. The number of pyridine rings is 1. The number of carbonyl (C=O) groups excluding carboxylic acids is 2. The Bertz CT molecular complexity index is 1110. The minimum absolute atomic E-state index is 0.0234. The molecule has 1 aromatic heterocycles. The van der Waals surface area contributed by atoms with Gasteiger partial charge in [-0.25, -0.2) is 0 Å². The van der Waals surface area contributed by atoms with Crippen LogP contribution in [0, 0.1) is 19.8 Å². The number of Topliss-reactive ketones (excluding diaryl/α,β-unsaturated/α-hetero) is 2. The van der Waals surface area contributed by atoms with Gasteiger partial charge >= 0.3 is 0 Å². The molecule has 0 aliphatic heterocycles. The second-order valence-corrected chi connectivity index (χ2v) is 8.10. The Kier molecular flexibility index (Phi) is 5.18. The molecule has 0 unspecified atom stereocenters. The summed E-state index contributed by atoms with van der Waals surface area (Å²) in [5.41, 5.74) is 4.48. The Hall–Kier alpha value is -3.01. The molecule has 0 radical (unpaired) electrons. The normalized spacial score (nSPS) is 13.5. The van der Waals surface area contributed by atoms with Crippen molar-refractivity contribution in [2.75, 3.05) is 0 Å². The molecule has 4 rings (SSSR count). The van der Waals surface area contributed by atoms with E-state index in [1.165, 1.54) is 12.8 Å². The van der Waals surface area contributed by atoms with Gasteiger partial charge in [0, 0.05) is 30.0 Å². The van der Waals surface area contributed by atoms with Crippen molar-refractivity contribution in [2.45, 2.75) is 46.5 Å². The van der Waals surface area contributed by atoms with Crippen LogP contribution in [0.15, 0.2) is 42.6 Å². The lowest BCUT2D eigenvalue weighted by atomic mass is 10.0. The van der Waals surface area contributed by atoms with Crippen molar-refractivity contribution < 1.29 is 14.3 Å². The molecule has 29 heavy (non-hydrogen) atoms. The van der Waals surface area contributed by atoms with Crippen molar-refractivity contribution in [3.8, 4) is 11.5 Å². The van der Waals surface area contributed by atoms with E-state index in [1.807, 2.05) is 50.2 Å². The monoisotopic (exact) mass is 387 g/mol. The van der Waals surface area contributed by atoms with Crippen molar-refractivity contribution >= 4 is 22.5 Å². The molecule has 1 heterocycles. The Balaban J connectivity index is 1.59. The minimum Gasteiger partial charge on any atom is -0.457 e. The van der Waals surface area contributed by atoms with Gasteiger partial charge in [-0.2, -0.15) is 0 Å². The quantitative estimate of drug-likeness (QED) is 0.484. The molecule has 0 amide bonds. The van der Waals surface area contributed by atoms with Crippen LogP contribution in [0.4, 0.5) is 0 Å². The highest BCUT2D eigenvalue weighted by atomic mass is 16.5. The zero-order valence-corrected chi connectivity index (χ0v) is 17.1. The zero-order valence-electron chi connectivity index (χ0n) is 17.1. The Labute approximate surface area is 170 Å². The van der Waals surface area contributed by atoms with Crippen LogP contribution >= 0.6 is 0 Å². The summed E-state index contributed by atoms with van der Waals surface area (Å²) in [5, 5.41) is 0.810. The summed E-state index contributed by atoms with van der Waals surface area (Å²) in [5.74, 6) is 2.33. The van der Waals surface area contributed by atoms with E-state index in [1.54, 1.807) is 13.1 Å². The number of carbonyl (C=O) groups is 2. The van der Waals surface area contributed by atoms with Crippen LogP contribution in [-0.2, 0) is 11.2 Å². The van der Waals surface area contributed by atoms with E-state index >= 15 is 0 Å². The number of hydrogen-bond donors (Lipinski definition) is 0. The fourth-order valence-electron chi connectivity index (χ4n) is 3.73. The lowest BCUT2D eigenvalue weighted by Gasteiger charge is -2.13. The van der Waals surface area contributed by atoms with E-state index in [9.17, 15) is 9.59 Å². The third-order valence-corrected chi connectivity index (χ3v) is 5.57. The number of benzene rings is 2. The minimum atomic E-state index is 0.0234. The second kappa shape index (κ2) is 7.78. The van der Waals surface area contributed by atoms with Crippen molar-refractivity contribution in [1.82, 2.24) is 4.98 Å². The van der Waals surface area contributed by atoms with E-state index in [0.29, 0.717) is 41.6 Å². The maximum atomic E-state index is 12.2. The fraction of sp³-hybridized carbons (Fsp3) is 0.320. The summed E-state index contributed by atoms with van der Waals surface area (Å²) < 4.78 is 6.15. The average Bonchev–Trinajstić information content (AvgIpc) is 3.47. The molecule has 2 aromatic carbocycles. The van der Waals surface area contributed by atoms with Gasteiger partial charge in [0.2, 0.25) is 0 Å². The number of ether oxygens (including phenoxy) is 1. The van der Waals surface area contributed by atoms with Gasteiger partial charge in [-0.05, 0) is 86.6 Å². The van der Waals surface area contributed by atoms with Gasteiger partial charge in [0.15, 0.2) is 5.78 Å². The maximum Gasteiger partial charge on any atom is 0.160 e. The summed E-state index contributed by atoms with van der Waals surface area (Å²) in [4.78, 5) is 28.5. The highest BCUT2D eigenvalue weighted by Crippen LogP contribution is 2.34. The molecule has 1 saturated carbocycles. The molecule has 0 spiro atoms. The van der Waals surface area contributed by atoms with Gasteiger partial charge in [-0.3, -0.25) is 14.6 Å². The number of aryl methyl sites for hydroxylation is 2. The molecule has 0 N–H and O–H groups in total. The summed E-state index contributed by atoms with van der Waals surface area (Å²) in [7, 11) is 0. The van der Waals surface area contributed by atoms with Crippen LogP contribution in [0.1, 0.15) is 53.2 Å². The number of aromatic nitrogens is 1. The van der Waals surface area contributed by atoms with Crippen LogP contribution in [-0.4, -0.2) is 16.6 Å². The van der Waals surface area contributed by atoms with Crippen LogP contribution in [0.2, 0.25) is 0 Å². The van der Waals surface area contributed by atoms with Gasteiger partial charge in [-0.15, -0.1) is 0 Å². The predicted octanol–water partition coefficient (Wildman–Crippen LogP) is 5.76. The van der Waals surface area contributed by atoms with Crippen molar-refractivity contribution in [3.63, 3.8) is 0 Å². The topological polar surface area (TPSA) is 56.3 Å².